The molecular formula is C25H27N5O4. The maximum Gasteiger partial charge on any atom is 0.337 e. The van der Waals surface area contributed by atoms with E-state index in [0.29, 0.717) is 16.9 Å². The summed E-state index contributed by atoms with van der Waals surface area (Å²) in [4.78, 5) is 35.7. The van der Waals surface area contributed by atoms with Crippen LogP contribution in [0.2, 0.25) is 0 Å². The van der Waals surface area contributed by atoms with Crippen LogP contribution in [0.3, 0.4) is 0 Å². The standard InChI is InChI=1S/C25H27N5O4/c1-28-17-9-7-6-8-15(17)24(31)29(2)18-13-26-22(30(3)23(18)28)21-20(27-21)16-11-10-14(25(32)34-5)12-19(16)33-4/h6-13,20-21,23,27H,1-5H3. The van der Waals surface area contributed by atoms with Gasteiger partial charge in [0.2, 0.25) is 0 Å². The topological polar surface area (TPSA) is 96.6 Å². The highest BCUT2D eigenvalue weighted by atomic mass is 16.5. The molecule has 2 aromatic carbocycles. The predicted molar refractivity (Wildman–Crippen MR) is 128 cm³/mol. The van der Waals surface area contributed by atoms with Gasteiger partial charge in [0.25, 0.3) is 5.91 Å². The molecule has 1 saturated heterocycles. The van der Waals surface area contributed by atoms with E-state index < -0.39 is 5.97 Å². The molecule has 0 aliphatic carbocycles. The van der Waals surface area contributed by atoms with Crippen molar-refractivity contribution >= 4 is 23.4 Å². The van der Waals surface area contributed by atoms with Crippen molar-refractivity contribution < 1.29 is 19.1 Å². The fourth-order valence-corrected chi connectivity index (χ4v) is 4.87. The van der Waals surface area contributed by atoms with E-state index in [0.717, 1.165) is 22.8 Å². The Labute approximate surface area is 198 Å². The van der Waals surface area contributed by atoms with E-state index in [4.69, 9.17) is 14.5 Å². The number of anilines is 1. The van der Waals surface area contributed by atoms with Gasteiger partial charge in [-0.3, -0.25) is 10.1 Å². The first-order valence-electron chi connectivity index (χ1n) is 11.0. The number of carbonyl (C=O) groups is 2. The first-order valence-corrected chi connectivity index (χ1v) is 11.0. The molecule has 3 atom stereocenters. The van der Waals surface area contributed by atoms with E-state index in [1.807, 2.05) is 44.4 Å². The molecule has 1 N–H and O–H groups in total. The molecular weight excluding hydrogens is 434 g/mol. The molecule has 34 heavy (non-hydrogen) atoms. The Hall–Kier alpha value is -3.85. The first kappa shape index (κ1) is 22.0. The van der Waals surface area contributed by atoms with Crippen molar-refractivity contribution in [3.8, 4) is 5.75 Å². The summed E-state index contributed by atoms with van der Waals surface area (Å²) in [7, 11) is 8.72. The zero-order valence-corrected chi connectivity index (χ0v) is 19.8. The van der Waals surface area contributed by atoms with Crippen LogP contribution in [0.25, 0.3) is 0 Å². The Kier molecular flexibility index (Phi) is 5.28. The van der Waals surface area contributed by atoms with Crippen LogP contribution >= 0.6 is 0 Å². The Morgan fingerprint density at radius 2 is 1.79 bits per heavy atom. The average molecular weight is 462 g/mol. The highest BCUT2D eigenvalue weighted by Crippen LogP contribution is 2.40. The molecule has 3 heterocycles. The van der Waals surface area contributed by atoms with Crippen LogP contribution in [0.15, 0.2) is 59.4 Å². The van der Waals surface area contributed by atoms with Crippen molar-refractivity contribution in [1.29, 1.82) is 0 Å². The van der Waals surface area contributed by atoms with Gasteiger partial charge in [-0.25, -0.2) is 9.79 Å². The third-order valence-corrected chi connectivity index (χ3v) is 6.75. The zero-order chi connectivity index (χ0) is 24.1. The summed E-state index contributed by atoms with van der Waals surface area (Å²) in [6, 6.07) is 12.9. The average Bonchev–Trinajstić information content (AvgIpc) is 3.67. The number of fused-ring (bicyclic) bond motifs is 2. The molecule has 176 valence electrons. The number of esters is 1. The second kappa shape index (κ2) is 8.18. The minimum atomic E-state index is -0.408. The van der Waals surface area contributed by atoms with Crippen molar-refractivity contribution in [1.82, 2.24) is 15.1 Å². The molecule has 0 saturated carbocycles. The molecule has 3 aliphatic rings. The van der Waals surface area contributed by atoms with Gasteiger partial charge in [-0.1, -0.05) is 18.2 Å². The number of aliphatic imine (C=N–C) groups is 1. The van der Waals surface area contributed by atoms with Crippen molar-refractivity contribution in [2.75, 3.05) is 40.3 Å². The van der Waals surface area contributed by atoms with Crippen LogP contribution in [-0.4, -0.2) is 75.1 Å². The van der Waals surface area contributed by atoms with Gasteiger partial charge in [0.05, 0.1) is 55.0 Å². The Balaban J connectivity index is 1.46. The summed E-state index contributed by atoms with van der Waals surface area (Å²) in [5, 5.41) is 3.49. The number of hydrogen-bond donors (Lipinski definition) is 1. The minimum Gasteiger partial charge on any atom is -0.496 e. The van der Waals surface area contributed by atoms with E-state index in [2.05, 4.69) is 15.1 Å². The summed E-state index contributed by atoms with van der Waals surface area (Å²) >= 11 is 0. The number of ether oxygens (including phenoxy) is 2. The Bertz CT molecular complexity index is 1240. The molecule has 2 aromatic rings. The number of nitrogens with one attached hydrogen (secondary N) is 1. The molecule has 5 rings (SSSR count). The van der Waals surface area contributed by atoms with Gasteiger partial charge < -0.3 is 24.2 Å². The number of methoxy groups -OCH3 is 2. The van der Waals surface area contributed by atoms with E-state index in [9.17, 15) is 9.59 Å². The highest BCUT2D eigenvalue weighted by molar-refractivity contribution is 6.02. The summed E-state index contributed by atoms with van der Waals surface area (Å²) < 4.78 is 10.4. The van der Waals surface area contributed by atoms with Gasteiger partial charge in [0, 0.05) is 26.7 Å². The molecule has 0 bridgehead atoms. The van der Waals surface area contributed by atoms with E-state index in [1.54, 1.807) is 37.4 Å². The Morgan fingerprint density at radius 3 is 2.53 bits per heavy atom. The molecule has 3 unspecified atom stereocenters. The number of amides is 1. The minimum absolute atomic E-state index is 0.0134. The zero-order valence-electron chi connectivity index (χ0n) is 19.8. The lowest BCUT2D eigenvalue weighted by Crippen LogP contribution is -2.54. The van der Waals surface area contributed by atoms with Gasteiger partial charge in [-0.15, -0.1) is 0 Å². The van der Waals surface area contributed by atoms with Crippen LogP contribution in [0.4, 0.5) is 5.69 Å². The summed E-state index contributed by atoms with van der Waals surface area (Å²) in [6.07, 6.45) is 1.59. The number of amidine groups is 1. The van der Waals surface area contributed by atoms with Gasteiger partial charge in [0.15, 0.2) is 0 Å². The van der Waals surface area contributed by atoms with Crippen molar-refractivity contribution in [2.45, 2.75) is 18.2 Å². The lowest BCUT2D eigenvalue weighted by Gasteiger charge is -2.41. The number of likely N-dealkylation sites (N-methyl/N-ethyl adjacent to an activating group) is 3. The first-order chi connectivity index (χ1) is 16.4. The number of hydrogen-bond acceptors (Lipinski definition) is 8. The third kappa shape index (κ3) is 3.31. The number of para-hydroxylation sites is 1. The molecule has 3 aliphatic heterocycles. The number of nitrogens with zero attached hydrogens (tertiary/aromatic N) is 4. The molecule has 9 nitrogen and oxygen atoms in total. The van der Waals surface area contributed by atoms with E-state index in [1.165, 1.54) is 7.11 Å². The quantitative estimate of drug-likeness (QED) is 0.551. The Morgan fingerprint density at radius 1 is 1.03 bits per heavy atom. The third-order valence-electron chi connectivity index (χ3n) is 6.75. The highest BCUT2D eigenvalue weighted by Gasteiger charge is 2.48. The van der Waals surface area contributed by atoms with Gasteiger partial charge >= 0.3 is 5.97 Å². The summed E-state index contributed by atoms with van der Waals surface area (Å²) in [6.45, 7) is 0. The van der Waals surface area contributed by atoms with Gasteiger partial charge in [-0.05, 0) is 24.3 Å². The molecule has 1 amide bonds. The number of carbonyl (C=O) groups excluding carboxylic acids is 2. The summed E-state index contributed by atoms with van der Waals surface area (Å²) in [5.41, 5.74) is 3.73. The maximum absolute atomic E-state index is 13.1. The van der Waals surface area contributed by atoms with Crippen LogP contribution in [0, 0.1) is 0 Å². The van der Waals surface area contributed by atoms with Crippen LogP contribution in [0.1, 0.15) is 32.3 Å². The van der Waals surface area contributed by atoms with Crippen molar-refractivity contribution in [3.63, 3.8) is 0 Å². The summed E-state index contributed by atoms with van der Waals surface area (Å²) in [5.74, 6) is 1.02. The lowest BCUT2D eigenvalue weighted by molar-refractivity contribution is 0.0600. The largest absolute Gasteiger partial charge is 0.496 e. The van der Waals surface area contributed by atoms with E-state index >= 15 is 0 Å². The predicted octanol–water partition coefficient (Wildman–Crippen LogP) is 2.23. The fraction of sp³-hybridized carbons (Fsp3) is 0.320. The normalized spacial score (nSPS) is 23.4. The van der Waals surface area contributed by atoms with Crippen LogP contribution in [-0.2, 0) is 4.74 Å². The fourth-order valence-electron chi connectivity index (χ4n) is 4.87. The molecule has 0 spiro atoms. The number of rotatable bonds is 4. The van der Waals surface area contributed by atoms with Crippen molar-refractivity contribution in [2.24, 2.45) is 4.99 Å². The SMILES string of the molecule is COC(=O)c1ccc(C2NC2C2=NC=C3C(N2C)N(C)c2ccccc2C(=O)N3C)c(OC)c1. The second-order valence-electron chi connectivity index (χ2n) is 8.59. The second-order valence-corrected chi connectivity index (χ2v) is 8.59. The van der Waals surface area contributed by atoms with Crippen molar-refractivity contribution in [3.05, 3.63) is 71.1 Å². The lowest BCUT2D eigenvalue weighted by atomic mass is 10.0. The van der Waals surface area contributed by atoms with Gasteiger partial charge in [-0.2, -0.15) is 0 Å². The van der Waals surface area contributed by atoms with Crippen LogP contribution < -0.4 is 15.0 Å². The molecule has 0 aromatic heterocycles. The smallest absolute Gasteiger partial charge is 0.337 e. The molecule has 9 heteroatoms. The van der Waals surface area contributed by atoms with Crippen LogP contribution in [0.5, 0.6) is 5.75 Å². The maximum atomic E-state index is 13.1. The molecule has 1 fully saturated rings. The van der Waals surface area contributed by atoms with Gasteiger partial charge in [0.1, 0.15) is 17.8 Å². The number of benzene rings is 2. The monoisotopic (exact) mass is 461 g/mol. The van der Waals surface area contributed by atoms with E-state index in [-0.39, 0.29) is 24.2 Å². The molecule has 0 radical (unpaired) electrons.